The van der Waals surface area contributed by atoms with E-state index in [-0.39, 0.29) is 17.6 Å². The second-order valence-electron chi connectivity index (χ2n) is 10.8. The summed E-state index contributed by atoms with van der Waals surface area (Å²) in [6.07, 6.45) is 11.4. The van der Waals surface area contributed by atoms with Crippen molar-refractivity contribution in [3.05, 3.63) is 36.2 Å². The highest BCUT2D eigenvalue weighted by Crippen LogP contribution is 2.67. The second-order valence-corrected chi connectivity index (χ2v) is 10.8. The van der Waals surface area contributed by atoms with E-state index in [1.54, 1.807) is 0 Å². The molecule has 1 unspecified atom stereocenters. The van der Waals surface area contributed by atoms with Crippen LogP contribution >= 0.6 is 0 Å². The second kappa shape index (κ2) is 6.40. The number of aromatic nitrogens is 1. The molecule has 3 saturated carbocycles. The average molecular weight is 383 g/mol. The number of aliphatic hydroxyl groups is 2. The van der Waals surface area contributed by atoms with E-state index in [0.29, 0.717) is 29.1 Å². The molecule has 0 saturated heterocycles. The van der Waals surface area contributed by atoms with Crippen molar-refractivity contribution in [1.82, 2.24) is 0 Å². The number of aliphatic hydroxyl groups excluding tert-OH is 2. The van der Waals surface area contributed by atoms with E-state index in [2.05, 4.69) is 55.9 Å². The molecular formula is C25H36NO2+. The molecule has 28 heavy (non-hydrogen) atoms. The number of pyridine rings is 1. The number of allylic oxidation sites excluding steroid dienone is 2. The average Bonchev–Trinajstić information content (AvgIpc) is 2.94. The van der Waals surface area contributed by atoms with E-state index in [0.717, 1.165) is 32.1 Å². The first-order valence-electron chi connectivity index (χ1n) is 11.4. The Morgan fingerprint density at radius 2 is 1.71 bits per heavy atom. The standard InChI is InChI=1S/C25H36NO2/c1-16-13-20-22-19(24(2)9-7-18(27)14-17(24)15-21(22)28)8-10-25(20,3)23(16)26-11-5-4-6-12-26/h4-6,11-12,17-22,27-28H,7-10,13-15H2,1-3H3/q+1/t17?,18-,19-,20-,21-,22+,24-,25-/m0/s1. The van der Waals surface area contributed by atoms with Gasteiger partial charge in [-0.25, -0.2) is 0 Å². The number of hydrogen-bond donors (Lipinski definition) is 2. The van der Waals surface area contributed by atoms with Crippen LogP contribution in [0.5, 0.6) is 0 Å². The van der Waals surface area contributed by atoms with Crippen LogP contribution < -0.4 is 4.57 Å². The van der Waals surface area contributed by atoms with Crippen LogP contribution in [0.4, 0.5) is 0 Å². The first-order chi connectivity index (χ1) is 13.3. The Balaban J connectivity index is 1.51. The van der Waals surface area contributed by atoms with Gasteiger partial charge < -0.3 is 10.2 Å². The molecule has 0 aromatic carbocycles. The first-order valence-corrected chi connectivity index (χ1v) is 11.4. The van der Waals surface area contributed by atoms with Gasteiger partial charge >= 0.3 is 0 Å². The van der Waals surface area contributed by atoms with Crippen LogP contribution in [-0.2, 0) is 0 Å². The Morgan fingerprint density at radius 3 is 2.46 bits per heavy atom. The molecule has 0 bridgehead atoms. The van der Waals surface area contributed by atoms with E-state index in [4.69, 9.17) is 0 Å². The summed E-state index contributed by atoms with van der Waals surface area (Å²) in [5.74, 6) is 2.01. The predicted molar refractivity (Wildman–Crippen MR) is 110 cm³/mol. The molecule has 152 valence electrons. The molecule has 4 aliphatic carbocycles. The number of hydrogen-bond acceptors (Lipinski definition) is 2. The van der Waals surface area contributed by atoms with Gasteiger partial charge in [-0.15, -0.1) is 0 Å². The zero-order chi connectivity index (χ0) is 19.7. The minimum atomic E-state index is -0.217. The minimum Gasteiger partial charge on any atom is -0.393 e. The van der Waals surface area contributed by atoms with Crippen LogP contribution in [0.1, 0.15) is 65.7 Å². The van der Waals surface area contributed by atoms with Crippen molar-refractivity contribution in [3.8, 4) is 0 Å². The maximum absolute atomic E-state index is 11.3. The smallest absolute Gasteiger partial charge is 0.192 e. The van der Waals surface area contributed by atoms with Crippen LogP contribution in [0.25, 0.3) is 5.70 Å². The fourth-order valence-electron chi connectivity index (χ4n) is 8.18. The molecule has 0 spiro atoms. The van der Waals surface area contributed by atoms with Crippen molar-refractivity contribution in [2.75, 3.05) is 0 Å². The Bertz CT molecular complexity index is 789. The van der Waals surface area contributed by atoms with Crippen LogP contribution in [0.2, 0.25) is 0 Å². The molecule has 0 amide bonds. The Kier molecular flexibility index (Phi) is 4.30. The lowest BCUT2D eigenvalue weighted by Crippen LogP contribution is -2.59. The molecule has 4 aliphatic rings. The van der Waals surface area contributed by atoms with Gasteiger partial charge in [0.05, 0.1) is 17.6 Å². The summed E-state index contributed by atoms with van der Waals surface area (Å²) in [6, 6.07) is 6.33. The lowest BCUT2D eigenvalue weighted by Gasteiger charge is -2.61. The van der Waals surface area contributed by atoms with Crippen molar-refractivity contribution < 1.29 is 14.8 Å². The normalized spacial score (nSPS) is 48.0. The largest absolute Gasteiger partial charge is 0.393 e. The third-order valence-electron chi connectivity index (χ3n) is 9.49. The lowest BCUT2D eigenvalue weighted by atomic mass is 9.44. The predicted octanol–water partition coefficient (Wildman–Crippen LogP) is 4.19. The molecule has 0 aliphatic heterocycles. The van der Waals surface area contributed by atoms with Crippen molar-refractivity contribution in [2.24, 2.45) is 34.5 Å². The van der Waals surface area contributed by atoms with Crippen LogP contribution in [0.3, 0.4) is 0 Å². The molecule has 8 atom stereocenters. The summed E-state index contributed by atoms with van der Waals surface area (Å²) in [5.41, 5.74) is 3.43. The Labute approximate surface area is 169 Å². The molecule has 3 nitrogen and oxygen atoms in total. The summed E-state index contributed by atoms with van der Waals surface area (Å²) in [4.78, 5) is 0. The van der Waals surface area contributed by atoms with Gasteiger partial charge in [-0.2, -0.15) is 4.57 Å². The molecule has 1 aromatic rings. The van der Waals surface area contributed by atoms with Crippen LogP contribution in [0, 0.1) is 34.5 Å². The third-order valence-corrected chi connectivity index (χ3v) is 9.49. The van der Waals surface area contributed by atoms with Gasteiger partial charge in [0.1, 0.15) is 0 Å². The molecule has 5 rings (SSSR count). The Morgan fingerprint density at radius 1 is 0.964 bits per heavy atom. The van der Waals surface area contributed by atoms with Crippen molar-refractivity contribution in [1.29, 1.82) is 0 Å². The highest BCUT2D eigenvalue weighted by molar-refractivity contribution is 5.53. The van der Waals surface area contributed by atoms with Gasteiger partial charge in [-0.3, -0.25) is 0 Å². The van der Waals surface area contributed by atoms with E-state index < -0.39 is 0 Å². The highest BCUT2D eigenvalue weighted by atomic mass is 16.3. The van der Waals surface area contributed by atoms with Crippen LogP contribution in [0.15, 0.2) is 36.2 Å². The molecule has 3 heteroatoms. The van der Waals surface area contributed by atoms with Gasteiger partial charge in [-0.1, -0.05) is 13.0 Å². The van der Waals surface area contributed by atoms with Crippen molar-refractivity contribution in [2.45, 2.75) is 77.9 Å². The summed E-state index contributed by atoms with van der Waals surface area (Å²) in [7, 11) is 0. The fourth-order valence-corrected chi connectivity index (χ4v) is 8.18. The molecular weight excluding hydrogens is 346 g/mol. The number of nitrogens with zero attached hydrogens (tertiary/aromatic N) is 1. The first kappa shape index (κ1) is 18.8. The highest BCUT2D eigenvalue weighted by Gasteiger charge is 2.63. The zero-order valence-electron chi connectivity index (χ0n) is 17.6. The van der Waals surface area contributed by atoms with Gasteiger partial charge in [0, 0.05) is 12.1 Å². The Hall–Kier alpha value is -1.19. The maximum atomic E-state index is 11.3. The van der Waals surface area contributed by atoms with Gasteiger partial charge in [-0.05, 0) is 93.5 Å². The lowest BCUT2D eigenvalue weighted by molar-refractivity contribution is -0.590. The van der Waals surface area contributed by atoms with Gasteiger partial charge in [0.25, 0.3) is 0 Å². The summed E-state index contributed by atoms with van der Waals surface area (Å²) >= 11 is 0. The van der Waals surface area contributed by atoms with Crippen molar-refractivity contribution >= 4 is 5.70 Å². The molecule has 3 fully saturated rings. The maximum Gasteiger partial charge on any atom is 0.192 e. The number of rotatable bonds is 1. The van der Waals surface area contributed by atoms with E-state index in [1.165, 1.54) is 24.1 Å². The topological polar surface area (TPSA) is 44.3 Å². The van der Waals surface area contributed by atoms with Crippen LogP contribution in [-0.4, -0.2) is 22.4 Å². The summed E-state index contributed by atoms with van der Waals surface area (Å²) in [5, 5.41) is 21.6. The van der Waals surface area contributed by atoms with E-state index in [9.17, 15) is 10.2 Å². The number of fused-ring (bicyclic) bond motifs is 5. The summed E-state index contributed by atoms with van der Waals surface area (Å²) < 4.78 is 2.34. The molecule has 2 N–H and O–H groups in total. The van der Waals surface area contributed by atoms with E-state index in [1.807, 2.05) is 0 Å². The zero-order valence-corrected chi connectivity index (χ0v) is 17.6. The van der Waals surface area contributed by atoms with Crippen molar-refractivity contribution in [3.63, 3.8) is 0 Å². The molecule has 0 radical (unpaired) electrons. The van der Waals surface area contributed by atoms with Gasteiger partial charge in [0.2, 0.25) is 0 Å². The quantitative estimate of drug-likeness (QED) is 0.716. The minimum absolute atomic E-state index is 0.148. The summed E-state index contributed by atoms with van der Waals surface area (Å²) in [6.45, 7) is 7.26. The SMILES string of the molecule is CC1=C([n+]2ccccc2)[C@@]2(C)CC[C@H]3[C@@H]([C@@H](O)CC4C[C@@H](O)CC[C@@]43C)[C@@H]2C1. The van der Waals surface area contributed by atoms with Gasteiger partial charge in [0.15, 0.2) is 18.1 Å². The molecule has 1 aromatic heterocycles. The fraction of sp³-hybridized carbons (Fsp3) is 0.720. The van der Waals surface area contributed by atoms with E-state index >= 15 is 0 Å². The third kappa shape index (κ3) is 2.51. The monoisotopic (exact) mass is 382 g/mol. The molecule has 1 heterocycles.